The number of rotatable bonds is 7. The van der Waals surface area contributed by atoms with Crippen molar-refractivity contribution in [3.63, 3.8) is 0 Å². The minimum Gasteiger partial charge on any atom is -0.382 e. The smallest absolute Gasteiger partial charge is 0.255 e. The molecule has 0 bridgehead atoms. The molecule has 2 aliphatic rings. The number of amides is 1. The third-order valence-electron chi connectivity index (χ3n) is 6.63. The second kappa shape index (κ2) is 15.8. The van der Waals surface area contributed by atoms with Gasteiger partial charge in [-0.3, -0.25) is 4.79 Å². The second-order valence-electron chi connectivity index (χ2n) is 8.83. The molecule has 2 heterocycles. The lowest BCUT2D eigenvalue weighted by molar-refractivity contribution is -0.153. The minimum absolute atomic E-state index is 0.0729. The Kier molecular flexibility index (Phi) is 13.2. The first-order valence-electron chi connectivity index (χ1n) is 12.9. The van der Waals surface area contributed by atoms with Crippen molar-refractivity contribution in [1.29, 1.82) is 0 Å². The number of carbonyl (C=O) groups excluding carboxylic acids is 2. The Morgan fingerprint density at radius 2 is 1.86 bits per heavy atom. The Balaban J connectivity index is 0.000000329. The Bertz CT molecular complexity index is 868. The Morgan fingerprint density at radius 3 is 2.49 bits per heavy atom. The Hall–Kier alpha value is -2.06. The molecule has 194 valence electrons. The lowest BCUT2D eigenvalue weighted by Gasteiger charge is -2.43. The van der Waals surface area contributed by atoms with Crippen LogP contribution in [0.1, 0.15) is 68.0 Å². The number of aldehydes is 1. The number of likely N-dealkylation sites (N-methyl/N-ethyl adjacent to an activating group) is 1. The number of fused-ring (bicyclic) bond motifs is 1. The van der Waals surface area contributed by atoms with E-state index in [1.807, 2.05) is 44.4 Å². The van der Waals surface area contributed by atoms with Gasteiger partial charge in [-0.15, -0.1) is 11.3 Å². The van der Waals surface area contributed by atoms with E-state index in [-0.39, 0.29) is 12.3 Å². The van der Waals surface area contributed by atoms with E-state index in [1.165, 1.54) is 16.9 Å². The fraction of sp³-hybridized carbons (Fsp3) is 0.571. The number of aliphatic hydroxyl groups is 2. The molecule has 0 radical (unpaired) electrons. The standard InChI is InChI=1S/C19H25NO4.C7H11NS.C2H6/c21-12-16(22)18(23)19(24)20-11-10-13-6-4-5-9-15(13)17(20)14-7-2-1-3-8-14;1-8-5-4-7-3-2-6-9-7;1-2/h4-6,9,12,14,16-18,22-23H,1-3,7-8,10-11H2;2-3,6,8H,4-5H2,1H3;1-2H3. The largest absolute Gasteiger partial charge is 0.382 e. The maximum absolute atomic E-state index is 12.7. The summed E-state index contributed by atoms with van der Waals surface area (Å²) < 4.78 is 0. The van der Waals surface area contributed by atoms with E-state index in [2.05, 4.69) is 35.0 Å². The number of thiophene rings is 1. The zero-order valence-electron chi connectivity index (χ0n) is 21.4. The van der Waals surface area contributed by atoms with Crippen LogP contribution >= 0.6 is 11.3 Å². The molecular weight excluding hydrogens is 460 g/mol. The van der Waals surface area contributed by atoms with Gasteiger partial charge in [0.15, 0.2) is 12.4 Å². The third kappa shape index (κ3) is 8.24. The Morgan fingerprint density at radius 1 is 1.14 bits per heavy atom. The van der Waals surface area contributed by atoms with Gasteiger partial charge in [-0.25, -0.2) is 0 Å². The van der Waals surface area contributed by atoms with Gasteiger partial charge in [-0.05, 0) is 67.8 Å². The van der Waals surface area contributed by atoms with Crippen molar-refractivity contribution >= 4 is 23.5 Å². The van der Waals surface area contributed by atoms with Crippen LogP contribution in [0, 0.1) is 5.92 Å². The van der Waals surface area contributed by atoms with Crippen molar-refractivity contribution in [2.45, 2.75) is 77.0 Å². The van der Waals surface area contributed by atoms with E-state index in [4.69, 9.17) is 0 Å². The zero-order chi connectivity index (χ0) is 25.6. The molecule has 1 saturated carbocycles. The molecule has 3 unspecified atom stereocenters. The SMILES string of the molecule is CC.CNCCc1cccs1.O=CC(O)C(O)C(=O)N1CCc2ccccc2C1C1CCCCC1. The topological polar surface area (TPSA) is 89.9 Å². The van der Waals surface area contributed by atoms with Crippen LogP contribution in [-0.4, -0.2) is 59.7 Å². The quantitative estimate of drug-likeness (QED) is 0.495. The van der Waals surface area contributed by atoms with Crippen molar-refractivity contribution in [3.8, 4) is 0 Å². The van der Waals surface area contributed by atoms with E-state index in [0.717, 1.165) is 50.6 Å². The summed E-state index contributed by atoms with van der Waals surface area (Å²) in [6, 6.07) is 12.4. The number of carbonyl (C=O) groups is 2. The third-order valence-corrected chi connectivity index (χ3v) is 7.56. The van der Waals surface area contributed by atoms with Crippen molar-refractivity contribution in [1.82, 2.24) is 10.2 Å². The molecule has 1 aliphatic carbocycles. The van der Waals surface area contributed by atoms with Crippen LogP contribution in [0.25, 0.3) is 0 Å². The first-order chi connectivity index (χ1) is 17.1. The zero-order valence-corrected chi connectivity index (χ0v) is 22.2. The van der Waals surface area contributed by atoms with E-state index >= 15 is 0 Å². The number of hydrogen-bond acceptors (Lipinski definition) is 6. The molecule has 7 heteroatoms. The van der Waals surface area contributed by atoms with Crippen LogP contribution in [0.5, 0.6) is 0 Å². The van der Waals surface area contributed by atoms with Crippen molar-refractivity contribution in [3.05, 3.63) is 57.8 Å². The molecule has 3 atom stereocenters. The summed E-state index contributed by atoms with van der Waals surface area (Å²) in [4.78, 5) is 26.6. The van der Waals surface area contributed by atoms with Crippen LogP contribution in [0.2, 0.25) is 0 Å². The van der Waals surface area contributed by atoms with Gasteiger partial charge in [-0.1, -0.05) is 63.4 Å². The molecule has 35 heavy (non-hydrogen) atoms. The highest BCUT2D eigenvalue weighted by Crippen LogP contribution is 2.42. The summed E-state index contributed by atoms with van der Waals surface area (Å²) in [7, 11) is 1.98. The summed E-state index contributed by atoms with van der Waals surface area (Å²) in [5.41, 5.74) is 2.40. The van der Waals surface area contributed by atoms with Crippen LogP contribution < -0.4 is 5.32 Å². The molecule has 0 saturated heterocycles. The predicted molar refractivity (Wildman–Crippen MR) is 143 cm³/mol. The van der Waals surface area contributed by atoms with Crippen molar-refractivity contribution < 1.29 is 19.8 Å². The van der Waals surface area contributed by atoms with Gasteiger partial charge in [0.2, 0.25) is 0 Å². The van der Waals surface area contributed by atoms with Gasteiger partial charge in [0.25, 0.3) is 5.91 Å². The highest BCUT2D eigenvalue weighted by atomic mass is 32.1. The summed E-state index contributed by atoms with van der Waals surface area (Å²) in [6.45, 7) is 5.60. The highest BCUT2D eigenvalue weighted by Gasteiger charge is 2.39. The number of aliphatic hydroxyl groups excluding tert-OH is 2. The molecule has 3 N–H and O–H groups in total. The van der Waals surface area contributed by atoms with Crippen LogP contribution in [0.15, 0.2) is 41.8 Å². The van der Waals surface area contributed by atoms with E-state index < -0.39 is 18.1 Å². The normalized spacial score (nSPS) is 19.2. The molecule has 1 fully saturated rings. The van der Waals surface area contributed by atoms with Crippen LogP contribution in [0.4, 0.5) is 0 Å². The molecule has 1 aromatic carbocycles. The van der Waals surface area contributed by atoms with Gasteiger partial charge in [0, 0.05) is 11.4 Å². The Labute approximate surface area is 214 Å². The molecule has 6 nitrogen and oxygen atoms in total. The molecule has 0 spiro atoms. The van der Waals surface area contributed by atoms with Crippen LogP contribution in [-0.2, 0) is 22.4 Å². The summed E-state index contributed by atoms with van der Waals surface area (Å²) >= 11 is 1.82. The van der Waals surface area contributed by atoms with Gasteiger partial charge in [0.05, 0.1) is 6.04 Å². The summed E-state index contributed by atoms with van der Waals surface area (Å²) in [5.74, 6) is -0.176. The van der Waals surface area contributed by atoms with E-state index in [0.29, 0.717) is 12.5 Å². The van der Waals surface area contributed by atoms with Crippen molar-refractivity contribution in [2.24, 2.45) is 5.92 Å². The molecule has 4 rings (SSSR count). The molecule has 2 aromatic rings. The maximum Gasteiger partial charge on any atom is 0.255 e. The number of hydrogen-bond donors (Lipinski definition) is 3. The maximum atomic E-state index is 12.7. The number of nitrogens with one attached hydrogen (secondary N) is 1. The molecular formula is C28H42N2O4S. The average Bonchev–Trinajstić information content (AvgIpc) is 3.45. The molecule has 1 aliphatic heterocycles. The average molecular weight is 503 g/mol. The van der Waals surface area contributed by atoms with Gasteiger partial charge in [0.1, 0.15) is 6.10 Å². The van der Waals surface area contributed by atoms with Gasteiger partial charge >= 0.3 is 0 Å². The number of benzene rings is 1. The lowest BCUT2D eigenvalue weighted by atomic mass is 9.77. The second-order valence-corrected chi connectivity index (χ2v) is 9.86. The molecule has 1 aromatic heterocycles. The fourth-order valence-corrected chi connectivity index (χ4v) is 5.61. The highest BCUT2D eigenvalue weighted by molar-refractivity contribution is 7.09. The molecule has 1 amide bonds. The monoisotopic (exact) mass is 502 g/mol. The summed E-state index contributed by atoms with van der Waals surface area (Å²) in [6.07, 6.45) is 4.44. The van der Waals surface area contributed by atoms with E-state index in [9.17, 15) is 19.8 Å². The van der Waals surface area contributed by atoms with Gasteiger partial charge < -0.3 is 25.2 Å². The lowest BCUT2D eigenvalue weighted by Crippen LogP contribution is -2.51. The minimum atomic E-state index is -1.68. The van der Waals surface area contributed by atoms with Gasteiger partial charge in [-0.2, -0.15) is 0 Å². The first kappa shape index (κ1) is 29.2. The van der Waals surface area contributed by atoms with E-state index in [1.54, 1.807) is 4.90 Å². The number of nitrogens with zero attached hydrogens (tertiary/aromatic N) is 1. The predicted octanol–water partition coefficient (Wildman–Crippen LogP) is 4.15. The van der Waals surface area contributed by atoms with Crippen molar-refractivity contribution in [2.75, 3.05) is 20.1 Å². The first-order valence-corrected chi connectivity index (χ1v) is 13.8. The summed E-state index contributed by atoms with van der Waals surface area (Å²) in [5, 5.41) is 24.8. The van der Waals surface area contributed by atoms with Crippen LogP contribution in [0.3, 0.4) is 0 Å². The fourth-order valence-electron chi connectivity index (χ4n) is 4.90.